The van der Waals surface area contributed by atoms with E-state index in [4.69, 9.17) is 544 Å². The van der Waals surface area contributed by atoms with Crippen LogP contribution in [0, 0.1) is 544 Å². The van der Waals surface area contributed by atoms with Crippen LogP contribution in [0.1, 0.15) is 0 Å². The van der Waals surface area contributed by atoms with E-state index in [1.165, 1.54) is 0 Å². The molecule has 0 aromatic heterocycles. The molecule has 0 aromatic carbocycles. The van der Waals surface area contributed by atoms with Crippen LogP contribution >= 0.6 is 0 Å². The zero-order valence-electron chi connectivity index (χ0n) is 44.8. The van der Waals surface area contributed by atoms with Gasteiger partial charge in [0.25, 0.3) is 0 Å². The minimum absolute atomic E-state index is 0. The van der Waals surface area contributed by atoms with Crippen LogP contribution in [0.15, 0.2) is 0 Å². The Kier molecular flexibility index (Phi) is 6430. The van der Waals surface area contributed by atoms with E-state index in [1.54, 1.807) is 0 Å². The minimum atomic E-state index is 0. The fourth-order valence-electron chi connectivity index (χ4n) is 0. The fourth-order valence-corrected chi connectivity index (χ4v) is 0. The number of hydrogen-bond donors (Lipinski definition) is 0. The van der Waals surface area contributed by atoms with E-state index in [9.17, 15) is 0 Å². The van der Waals surface area contributed by atoms with E-state index >= 15 is 0 Å². The number of nitrogens with zero attached hydrogens (tertiary/aromatic N) is 46. The largest absolute Gasteiger partial charge is 3.00 e. The second-order valence-electron chi connectivity index (χ2n) is 0. The van der Waals surface area contributed by atoms with Gasteiger partial charge in [0.1, 0.15) is 0 Å². The van der Waals surface area contributed by atoms with Gasteiger partial charge in [-0.3, -0.25) is 0 Å². The number of hydrogen-bond acceptors (Lipinski definition) is 46. The van der Waals surface area contributed by atoms with Gasteiger partial charge in [-0.15, -0.1) is 0 Å². The van der Waals surface area contributed by atoms with Crippen molar-refractivity contribution < 1.29 is 89.5 Å². The van der Waals surface area contributed by atoms with Crippen LogP contribution < -0.4 is 0 Å². The standard InChI is InChI=1S/46CN.4Au/c46*1-2;;;;/q46*-1;4*+3. The molecule has 50 heteroatoms. The molecule has 0 heterocycles. The molecule has 0 bridgehead atoms. The van der Waals surface area contributed by atoms with Crippen molar-refractivity contribution in [3.05, 3.63) is 302 Å². The smallest absolute Gasteiger partial charge is 0.512 e. The van der Waals surface area contributed by atoms with Crippen LogP contribution in [-0.2, 0) is 89.5 Å². The normalized spacial score (nSPS) is 0.958. The summed E-state index contributed by atoms with van der Waals surface area (Å²) in [6.45, 7) is 218. The first-order valence-electron chi connectivity index (χ1n) is 10.3. The van der Waals surface area contributed by atoms with Gasteiger partial charge in [-0.2, -0.15) is 0 Å². The van der Waals surface area contributed by atoms with Gasteiger partial charge in [0.15, 0.2) is 0 Å². The molecule has 0 fully saturated rings. The van der Waals surface area contributed by atoms with Gasteiger partial charge < -0.3 is 544 Å². The van der Waals surface area contributed by atoms with Crippen molar-refractivity contribution in [1.82, 2.24) is 0 Å². The molecule has 492 valence electrons. The average Bonchev–Trinajstić information content (AvgIpc) is 3.81. The van der Waals surface area contributed by atoms with E-state index in [0.717, 1.165) is 0 Å². The SMILES string of the molecule is [Au+3].[Au+3].[Au+3].[Au+3].[C-]#N.[C-]#N.[C-]#N.[C-]#N.[C-]#N.[C-]#N.[C-]#N.[C-]#N.[C-]#N.[C-]#N.[C-]#N.[C-]#N.[C-]#N.[C-]#N.[C-]#N.[C-]#N.[C-]#N.[C-]#N.[C-]#N.[C-]#N.[C-]#N.[C-]#N.[C-]#N.[C-]#N.[C-]#N.[C-]#N.[C-]#N.[C-]#N.[C-]#N.[C-]#N.[C-]#N.[C-]#N.[C-]#N.[C-]#N.[C-]#N.[C-]#N.[C-]#N.[C-]#N.[C-]#N.[C-]#N.[C-]#N.[C-]#N.[C-]#N.[C-]#N.[C-]#N.[C-]#N. The maximum Gasteiger partial charge on any atom is 3.00 e. The fraction of sp³-hybridized carbons (Fsp3) is 0. The van der Waals surface area contributed by atoms with Crippen LogP contribution in [0.3, 0.4) is 0 Å². The second-order valence-corrected chi connectivity index (χ2v) is 0. The molecule has 0 unspecified atom stereocenters. The summed E-state index contributed by atoms with van der Waals surface area (Å²) in [5, 5.41) is 288. The van der Waals surface area contributed by atoms with Gasteiger partial charge in [-0.05, 0) is 0 Å². The summed E-state index contributed by atoms with van der Waals surface area (Å²) < 4.78 is 0. The van der Waals surface area contributed by atoms with E-state index in [-0.39, 0.29) is 89.5 Å². The summed E-state index contributed by atoms with van der Waals surface area (Å²) in [5.41, 5.74) is 0. The van der Waals surface area contributed by atoms with E-state index in [2.05, 4.69) is 0 Å². The Hall–Kier alpha value is -20.5. The first kappa shape index (κ1) is 644. The zero-order valence-corrected chi connectivity index (χ0v) is 53.4. The maximum absolute atomic E-state index is 6.25. The third-order valence-electron chi connectivity index (χ3n) is 0. The molecule has 0 saturated carbocycles. The van der Waals surface area contributed by atoms with Gasteiger partial charge in [0, 0.05) is 0 Å². The molecule has 0 atom stereocenters. The Labute approximate surface area is 629 Å². The molecule has 0 N–H and O–H groups in total. The van der Waals surface area contributed by atoms with Gasteiger partial charge in [-0.1, -0.05) is 0 Å². The van der Waals surface area contributed by atoms with Crippen molar-refractivity contribution >= 4 is 0 Å². The van der Waals surface area contributed by atoms with Crippen LogP contribution in [0.4, 0.5) is 0 Å². The van der Waals surface area contributed by atoms with Gasteiger partial charge in [0.2, 0.25) is 0 Å². The van der Waals surface area contributed by atoms with Crippen molar-refractivity contribution in [2.75, 3.05) is 0 Å². The van der Waals surface area contributed by atoms with Crippen molar-refractivity contribution in [3.63, 3.8) is 0 Å². The van der Waals surface area contributed by atoms with Crippen molar-refractivity contribution in [2.45, 2.75) is 0 Å². The predicted octanol–water partition coefficient (Wildman–Crippen LogP) is 4.42. The molecular weight excluding hydrogens is 1980 g/mol. The molecule has 0 aliphatic heterocycles. The van der Waals surface area contributed by atoms with Gasteiger partial charge in [0.05, 0.1) is 0 Å². The molecule has 0 spiro atoms. The minimum Gasteiger partial charge on any atom is -0.512 e. The van der Waals surface area contributed by atoms with Crippen LogP contribution in [0.5, 0.6) is 0 Å². The Morgan fingerprint density at radius 3 is 0.0417 bits per heavy atom. The van der Waals surface area contributed by atoms with Crippen molar-refractivity contribution in [1.29, 1.82) is 242 Å². The van der Waals surface area contributed by atoms with Crippen molar-refractivity contribution in [3.8, 4) is 0 Å². The predicted molar refractivity (Wildman–Crippen MR) is 229 cm³/mol. The average molecular weight is 1980 g/mol. The Bertz CT molecular complexity index is 1100. The summed E-state index contributed by atoms with van der Waals surface area (Å²) in [4.78, 5) is 0. The van der Waals surface area contributed by atoms with Crippen LogP contribution in [0.2, 0.25) is 0 Å². The molecule has 46 nitrogen and oxygen atoms in total. The summed E-state index contributed by atoms with van der Waals surface area (Å²) in [5.74, 6) is 0. The monoisotopic (exact) mass is 1980 g/mol. The van der Waals surface area contributed by atoms with Crippen LogP contribution in [0.25, 0.3) is 0 Å². The maximum atomic E-state index is 6.25. The number of rotatable bonds is 0. The summed E-state index contributed by atoms with van der Waals surface area (Å²) in [6.07, 6.45) is 0. The molecule has 0 aliphatic rings. The molecule has 0 aromatic rings. The molecule has 0 saturated heterocycles. The first-order chi connectivity index (χ1) is 46.0. The van der Waals surface area contributed by atoms with Crippen LogP contribution in [-0.4, -0.2) is 0 Å². The third-order valence-corrected chi connectivity index (χ3v) is 0. The third kappa shape index (κ3) is 919. The van der Waals surface area contributed by atoms with E-state index in [1.807, 2.05) is 0 Å². The molecule has 0 radical (unpaired) electrons. The molecule has 0 rings (SSSR count). The summed E-state index contributed by atoms with van der Waals surface area (Å²) in [6, 6.07) is 0. The quantitative estimate of drug-likeness (QED) is 0.239. The molecular formula is C46Au4N46-34. The van der Waals surface area contributed by atoms with Crippen molar-refractivity contribution in [2.24, 2.45) is 0 Å². The Balaban J connectivity index is -0.00000000469. The second kappa shape index (κ2) is 958. The topological polar surface area (TPSA) is 1090 Å². The summed E-state index contributed by atoms with van der Waals surface area (Å²) >= 11 is 0. The molecule has 0 aliphatic carbocycles. The Morgan fingerprint density at radius 1 is 0.0417 bits per heavy atom. The zero-order chi connectivity index (χ0) is 92.0. The molecule has 96 heavy (non-hydrogen) atoms. The van der Waals surface area contributed by atoms with Gasteiger partial charge >= 0.3 is 89.5 Å². The molecule has 0 amide bonds. The first-order valence-corrected chi connectivity index (χ1v) is 10.3. The summed E-state index contributed by atoms with van der Waals surface area (Å²) in [7, 11) is 0. The van der Waals surface area contributed by atoms with E-state index in [0.29, 0.717) is 0 Å². The van der Waals surface area contributed by atoms with E-state index < -0.39 is 0 Å². The van der Waals surface area contributed by atoms with Gasteiger partial charge in [-0.25, -0.2) is 0 Å². The Morgan fingerprint density at radius 2 is 0.0417 bits per heavy atom.